The number of nitrogens with zero attached hydrogens (tertiary/aromatic N) is 1. The predicted molar refractivity (Wildman–Crippen MR) is 134 cm³/mol. The minimum atomic E-state index is -0.357. The Balaban J connectivity index is 0.000000181. The number of para-hydroxylation sites is 1. The molecule has 1 radical (unpaired) electrons. The summed E-state index contributed by atoms with van der Waals surface area (Å²) in [5.41, 5.74) is 2.05. The molecule has 1 aromatic heterocycles. The van der Waals surface area contributed by atoms with Gasteiger partial charge >= 0.3 is 0 Å². The van der Waals surface area contributed by atoms with Crippen molar-refractivity contribution in [3.8, 4) is 10.6 Å². The van der Waals surface area contributed by atoms with Crippen molar-refractivity contribution >= 4 is 21.6 Å². The molecule has 33 heavy (non-hydrogen) atoms. The van der Waals surface area contributed by atoms with Crippen molar-refractivity contribution < 1.29 is 30.3 Å². The maximum atomic E-state index is 10.7. The molecule has 4 atom stereocenters. The van der Waals surface area contributed by atoms with E-state index >= 15 is 0 Å². The molecular weight excluding hydrogens is 607 g/mol. The summed E-state index contributed by atoms with van der Waals surface area (Å²) >= 11 is 1.71. The van der Waals surface area contributed by atoms with Gasteiger partial charge in [-0.3, -0.25) is 4.98 Å². The maximum Gasteiger partial charge on any atom is 0.0697 e. The van der Waals surface area contributed by atoms with Crippen LogP contribution in [0, 0.1) is 28.7 Å². The molecule has 2 saturated carbocycles. The fourth-order valence-electron chi connectivity index (χ4n) is 5.45. The van der Waals surface area contributed by atoms with E-state index in [0.29, 0.717) is 5.92 Å². The summed E-state index contributed by atoms with van der Waals surface area (Å²) in [6.07, 6.45) is 4.99. The Bertz CT molecular complexity index is 1000. The third kappa shape index (κ3) is 5.77. The number of hydrogen-bond donors (Lipinski definition) is 2. The zero-order valence-corrected chi connectivity index (χ0v) is 23.3. The average Bonchev–Trinajstić information content (AvgIpc) is 3.17. The summed E-state index contributed by atoms with van der Waals surface area (Å²) in [4.78, 5) is 4.57. The molecular formula is C28H36IrNO2S-. The Labute approximate surface area is 216 Å². The molecule has 5 heteroatoms. The molecule has 5 rings (SSSR count). The number of fused-ring (bicyclic) bond motifs is 2. The molecule has 181 valence electrons. The van der Waals surface area contributed by atoms with Gasteiger partial charge in [0, 0.05) is 35.7 Å². The second-order valence-corrected chi connectivity index (χ2v) is 11.9. The number of aliphatic hydroxyl groups excluding tert-OH is 2. The zero-order valence-electron chi connectivity index (χ0n) is 20.0. The van der Waals surface area contributed by atoms with E-state index in [9.17, 15) is 10.2 Å². The largest absolute Gasteiger partial charge is 0.392 e. The van der Waals surface area contributed by atoms with E-state index in [1.54, 1.807) is 11.3 Å². The van der Waals surface area contributed by atoms with Gasteiger partial charge in [-0.05, 0) is 54.6 Å². The van der Waals surface area contributed by atoms with E-state index in [-0.39, 0.29) is 49.1 Å². The summed E-state index contributed by atoms with van der Waals surface area (Å²) in [6, 6.07) is 19.3. The zero-order chi connectivity index (χ0) is 22.9. The third-order valence-electron chi connectivity index (χ3n) is 7.66. The summed E-state index contributed by atoms with van der Waals surface area (Å²) in [5, 5.41) is 22.3. The number of hydrogen-bond acceptors (Lipinski definition) is 4. The molecule has 0 amide bonds. The smallest absolute Gasteiger partial charge is 0.0697 e. The number of benzene rings is 2. The molecule has 4 unspecified atom stereocenters. The van der Waals surface area contributed by atoms with Gasteiger partial charge in [0.05, 0.1) is 17.7 Å². The summed E-state index contributed by atoms with van der Waals surface area (Å²) < 4.78 is 1.23. The average molecular weight is 643 g/mol. The molecule has 1 heterocycles. The van der Waals surface area contributed by atoms with Crippen molar-refractivity contribution in [3.05, 3.63) is 54.6 Å². The van der Waals surface area contributed by atoms with Gasteiger partial charge in [0.2, 0.25) is 0 Å². The Hall–Kier alpha value is -1.10. The number of aliphatic hydroxyl groups is 2. The standard InChI is InChI=1S/C15H28O2.C13H8NS.Ir/c1-14(2)8-5-6-10-7-9-15(3,4)13(17)11(10)12(14)16;1-2-6-10(7-3-1)13-14-11-8-4-5-9-12(11)15-13;/h10-13,16-17H,5-9H2,1-4H3;1-6,8-9H;/q;-1;. The van der Waals surface area contributed by atoms with Crippen LogP contribution in [-0.4, -0.2) is 27.4 Å². The summed E-state index contributed by atoms with van der Waals surface area (Å²) in [6.45, 7) is 8.57. The topological polar surface area (TPSA) is 53.4 Å². The molecule has 0 spiro atoms. The minimum Gasteiger partial charge on any atom is -0.392 e. The van der Waals surface area contributed by atoms with E-state index < -0.39 is 0 Å². The Morgan fingerprint density at radius 1 is 0.909 bits per heavy atom. The van der Waals surface area contributed by atoms with Gasteiger partial charge in [-0.15, -0.1) is 35.9 Å². The third-order valence-corrected chi connectivity index (χ3v) is 8.73. The monoisotopic (exact) mass is 643 g/mol. The normalized spacial score (nSPS) is 27.9. The van der Waals surface area contributed by atoms with Crippen molar-refractivity contribution in [3.63, 3.8) is 0 Å². The van der Waals surface area contributed by atoms with Crippen molar-refractivity contribution in [2.45, 2.75) is 72.0 Å². The van der Waals surface area contributed by atoms with Crippen LogP contribution in [0.1, 0.15) is 59.8 Å². The minimum absolute atomic E-state index is 0. The van der Waals surface area contributed by atoms with Crippen LogP contribution in [0.4, 0.5) is 0 Å². The Morgan fingerprint density at radius 2 is 1.58 bits per heavy atom. The van der Waals surface area contributed by atoms with E-state index in [0.717, 1.165) is 28.9 Å². The van der Waals surface area contributed by atoms with Crippen LogP contribution in [0.25, 0.3) is 20.8 Å². The SMILES string of the molecule is CC1(C)CCCC2CCC(C)(C)C(O)C2C1O.[Ir].[c-]1ccccc1-c1nc2ccccc2s1. The van der Waals surface area contributed by atoms with E-state index in [1.807, 2.05) is 42.5 Å². The second-order valence-electron chi connectivity index (χ2n) is 10.9. The Kier molecular flexibility index (Phi) is 8.56. The number of aromatic nitrogens is 1. The first-order valence-corrected chi connectivity index (χ1v) is 12.7. The fraction of sp³-hybridized carbons (Fsp3) is 0.536. The van der Waals surface area contributed by atoms with Crippen LogP contribution in [0.3, 0.4) is 0 Å². The first kappa shape index (κ1) is 26.5. The molecule has 2 aliphatic carbocycles. The van der Waals surface area contributed by atoms with Gasteiger partial charge in [0.25, 0.3) is 0 Å². The molecule has 3 nitrogen and oxygen atoms in total. The van der Waals surface area contributed by atoms with E-state index in [4.69, 9.17) is 0 Å². The van der Waals surface area contributed by atoms with Crippen LogP contribution in [-0.2, 0) is 20.1 Å². The predicted octanol–water partition coefficient (Wildman–Crippen LogP) is 6.73. The van der Waals surface area contributed by atoms with Crippen LogP contribution in [0.15, 0.2) is 48.5 Å². The number of rotatable bonds is 1. The van der Waals surface area contributed by atoms with Gasteiger partial charge in [-0.25, -0.2) is 0 Å². The summed E-state index contributed by atoms with van der Waals surface area (Å²) in [5.74, 6) is 0.603. The first-order chi connectivity index (χ1) is 15.2. The van der Waals surface area contributed by atoms with Crippen LogP contribution < -0.4 is 0 Å². The quantitative estimate of drug-likeness (QED) is 0.290. The van der Waals surface area contributed by atoms with Gasteiger partial charge < -0.3 is 10.2 Å². The number of thiazole rings is 1. The van der Waals surface area contributed by atoms with Crippen LogP contribution in [0.5, 0.6) is 0 Å². The van der Waals surface area contributed by atoms with Gasteiger partial charge in [0.15, 0.2) is 0 Å². The van der Waals surface area contributed by atoms with Crippen molar-refractivity contribution in [2.75, 3.05) is 0 Å². The van der Waals surface area contributed by atoms with Gasteiger partial charge in [-0.1, -0.05) is 46.2 Å². The van der Waals surface area contributed by atoms with Crippen molar-refractivity contribution in [1.29, 1.82) is 0 Å². The molecule has 3 aromatic rings. The second kappa shape index (κ2) is 10.7. The van der Waals surface area contributed by atoms with Crippen molar-refractivity contribution in [1.82, 2.24) is 4.98 Å². The first-order valence-electron chi connectivity index (χ1n) is 11.9. The van der Waals surface area contributed by atoms with Gasteiger partial charge in [0.1, 0.15) is 0 Å². The Morgan fingerprint density at radius 3 is 2.24 bits per heavy atom. The molecule has 0 aliphatic heterocycles. The maximum absolute atomic E-state index is 10.7. The van der Waals surface area contributed by atoms with Crippen LogP contribution >= 0.6 is 11.3 Å². The van der Waals surface area contributed by atoms with E-state index in [1.165, 1.54) is 24.0 Å². The molecule has 0 bridgehead atoms. The molecule has 2 aliphatic rings. The van der Waals surface area contributed by atoms with E-state index in [2.05, 4.69) is 44.8 Å². The van der Waals surface area contributed by atoms with Gasteiger partial charge in [-0.2, -0.15) is 11.3 Å². The molecule has 2 fully saturated rings. The van der Waals surface area contributed by atoms with Crippen LogP contribution in [0.2, 0.25) is 0 Å². The fourth-order valence-corrected chi connectivity index (χ4v) is 6.40. The van der Waals surface area contributed by atoms with Crippen molar-refractivity contribution in [2.24, 2.45) is 22.7 Å². The molecule has 2 N–H and O–H groups in total. The molecule has 2 aromatic carbocycles. The summed E-state index contributed by atoms with van der Waals surface area (Å²) in [7, 11) is 0. The molecule has 0 saturated heterocycles.